The van der Waals surface area contributed by atoms with Crippen LogP contribution in [-0.2, 0) is 9.53 Å². The molecule has 2 aromatic rings. The van der Waals surface area contributed by atoms with Crippen LogP contribution >= 0.6 is 0 Å². The number of fused-ring (bicyclic) bond motifs is 1. The molecule has 94 valence electrons. The Balaban J connectivity index is 2.07. The first kappa shape index (κ1) is 11.7. The van der Waals surface area contributed by atoms with Crippen LogP contribution in [-0.4, -0.2) is 5.97 Å². The SMILES string of the molecule is CC(=O)OC1=C[C@@H](c2ccccc2)c2ccccc21. The molecule has 0 unspecified atom stereocenters. The average molecular weight is 250 g/mol. The summed E-state index contributed by atoms with van der Waals surface area (Å²) in [6.07, 6.45) is 2.02. The summed E-state index contributed by atoms with van der Waals surface area (Å²) in [6.45, 7) is 1.43. The van der Waals surface area contributed by atoms with Gasteiger partial charge in [0.05, 0.1) is 0 Å². The number of rotatable bonds is 2. The van der Waals surface area contributed by atoms with Gasteiger partial charge in [-0.25, -0.2) is 0 Å². The first-order valence-corrected chi connectivity index (χ1v) is 6.30. The Labute approximate surface area is 112 Å². The lowest BCUT2D eigenvalue weighted by molar-refractivity contribution is -0.134. The van der Waals surface area contributed by atoms with Gasteiger partial charge in [0, 0.05) is 18.4 Å². The maximum atomic E-state index is 11.2. The maximum absolute atomic E-state index is 11.2. The summed E-state index contributed by atoms with van der Waals surface area (Å²) >= 11 is 0. The molecule has 0 aliphatic heterocycles. The second-order valence-electron chi connectivity index (χ2n) is 4.60. The highest BCUT2D eigenvalue weighted by Gasteiger charge is 2.25. The van der Waals surface area contributed by atoms with Gasteiger partial charge >= 0.3 is 5.97 Å². The van der Waals surface area contributed by atoms with Crippen molar-refractivity contribution < 1.29 is 9.53 Å². The summed E-state index contributed by atoms with van der Waals surface area (Å²) in [7, 11) is 0. The van der Waals surface area contributed by atoms with Crippen molar-refractivity contribution in [3.05, 3.63) is 77.4 Å². The normalized spacial score (nSPS) is 16.7. The number of hydrogen-bond donors (Lipinski definition) is 0. The van der Waals surface area contributed by atoms with Crippen molar-refractivity contribution in [2.75, 3.05) is 0 Å². The number of carbonyl (C=O) groups excluding carboxylic acids is 1. The molecule has 0 radical (unpaired) electrons. The third kappa shape index (κ3) is 2.17. The summed E-state index contributed by atoms with van der Waals surface area (Å²) in [5.74, 6) is 0.540. The van der Waals surface area contributed by atoms with Gasteiger partial charge in [-0.05, 0) is 17.2 Å². The van der Waals surface area contributed by atoms with Gasteiger partial charge in [0.15, 0.2) is 0 Å². The van der Waals surface area contributed by atoms with Crippen LogP contribution in [0.3, 0.4) is 0 Å². The molecule has 2 nitrogen and oxygen atoms in total. The van der Waals surface area contributed by atoms with Gasteiger partial charge in [-0.1, -0.05) is 54.6 Å². The van der Waals surface area contributed by atoms with Crippen LogP contribution in [0.1, 0.15) is 29.5 Å². The molecule has 1 atom stereocenters. The lowest BCUT2D eigenvalue weighted by Gasteiger charge is -2.10. The summed E-state index contributed by atoms with van der Waals surface area (Å²) in [5.41, 5.74) is 3.40. The predicted molar refractivity (Wildman–Crippen MR) is 74.5 cm³/mol. The van der Waals surface area contributed by atoms with Crippen LogP contribution in [0.15, 0.2) is 60.7 Å². The van der Waals surface area contributed by atoms with Gasteiger partial charge < -0.3 is 4.74 Å². The number of hydrogen-bond acceptors (Lipinski definition) is 2. The molecule has 0 bridgehead atoms. The van der Waals surface area contributed by atoms with Crippen LogP contribution < -0.4 is 0 Å². The molecule has 2 heteroatoms. The van der Waals surface area contributed by atoms with Crippen molar-refractivity contribution in [1.29, 1.82) is 0 Å². The number of esters is 1. The molecule has 0 saturated heterocycles. The summed E-state index contributed by atoms with van der Waals surface area (Å²) in [5, 5.41) is 0. The largest absolute Gasteiger partial charge is 0.426 e. The van der Waals surface area contributed by atoms with Crippen LogP contribution in [0, 0.1) is 0 Å². The summed E-state index contributed by atoms with van der Waals surface area (Å²) in [6, 6.07) is 18.3. The van der Waals surface area contributed by atoms with Crippen molar-refractivity contribution in [3.8, 4) is 0 Å². The molecule has 2 aromatic carbocycles. The minimum absolute atomic E-state index is 0.159. The average Bonchev–Trinajstić information content (AvgIpc) is 2.78. The van der Waals surface area contributed by atoms with Gasteiger partial charge in [0.2, 0.25) is 0 Å². The fourth-order valence-electron chi connectivity index (χ4n) is 2.50. The molecule has 1 aliphatic rings. The van der Waals surface area contributed by atoms with Crippen LogP contribution in [0.4, 0.5) is 0 Å². The molecule has 19 heavy (non-hydrogen) atoms. The van der Waals surface area contributed by atoms with Crippen molar-refractivity contribution in [3.63, 3.8) is 0 Å². The second-order valence-corrected chi connectivity index (χ2v) is 4.60. The highest BCUT2D eigenvalue weighted by molar-refractivity contribution is 5.80. The third-order valence-corrected chi connectivity index (χ3v) is 3.29. The molecule has 0 spiro atoms. The fourth-order valence-corrected chi connectivity index (χ4v) is 2.50. The van der Waals surface area contributed by atoms with E-state index >= 15 is 0 Å². The van der Waals surface area contributed by atoms with E-state index in [2.05, 4.69) is 18.2 Å². The number of benzene rings is 2. The fraction of sp³-hybridized carbons (Fsp3) is 0.118. The van der Waals surface area contributed by atoms with E-state index in [1.54, 1.807) is 0 Å². The van der Waals surface area contributed by atoms with E-state index in [4.69, 9.17) is 4.74 Å². The maximum Gasteiger partial charge on any atom is 0.308 e. The Morgan fingerprint density at radius 1 is 1.00 bits per heavy atom. The third-order valence-electron chi connectivity index (χ3n) is 3.29. The zero-order chi connectivity index (χ0) is 13.2. The molecular formula is C17H14O2. The Morgan fingerprint density at radius 3 is 2.42 bits per heavy atom. The molecule has 1 aliphatic carbocycles. The zero-order valence-corrected chi connectivity index (χ0v) is 10.7. The van der Waals surface area contributed by atoms with Gasteiger partial charge in [0.1, 0.15) is 5.76 Å². The van der Waals surface area contributed by atoms with E-state index in [1.165, 1.54) is 18.1 Å². The minimum atomic E-state index is -0.283. The predicted octanol–water partition coefficient (Wildman–Crippen LogP) is 3.74. The van der Waals surface area contributed by atoms with Crippen LogP contribution in [0.2, 0.25) is 0 Å². The smallest absolute Gasteiger partial charge is 0.308 e. The van der Waals surface area contributed by atoms with Gasteiger partial charge in [0.25, 0.3) is 0 Å². The molecule has 0 heterocycles. The Morgan fingerprint density at radius 2 is 1.68 bits per heavy atom. The topological polar surface area (TPSA) is 26.3 Å². The van der Waals surface area contributed by atoms with E-state index in [9.17, 15) is 4.79 Å². The zero-order valence-electron chi connectivity index (χ0n) is 10.7. The van der Waals surface area contributed by atoms with Crippen molar-refractivity contribution in [2.45, 2.75) is 12.8 Å². The Bertz CT molecular complexity index is 641. The number of allylic oxidation sites excluding steroid dienone is 1. The van der Waals surface area contributed by atoms with E-state index in [0.29, 0.717) is 5.76 Å². The molecule has 3 rings (SSSR count). The summed E-state index contributed by atoms with van der Waals surface area (Å²) < 4.78 is 5.31. The highest BCUT2D eigenvalue weighted by atomic mass is 16.5. The Kier molecular flexibility index (Phi) is 2.92. The Hall–Kier alpha value is -2.35. The standard InChI is InChI=1S/C17H14O2/c1-12(18)19-17-11-16(13-7-3-2-4-8-13)14-9-5-6-10-15(14)17/h2-11,16H,1H3/t16-/m0/s1. The first-order chi connectivity index (χ1) is 9.25. The number of ether oxygens (including phenoxy) is 1. The lowest BCUT2D eigenvalue weighted by atomic mass is 9.93. The van der Waals surface area contributed by atoms with Crippen LogP contribution in [0.25, 0.3) is 5.76 Å². The van der Waals surface area contributed by atoms with E-state index < -0.39 is 0 Å². The van der Waals surface area contributed by atoms with Gasteiger partial charge in [-0.15, -0.1) is 0 Å². The van der Waals surface area contributed by atoms with Crippen LogP contribution in [0.5, 0.6) is 0 Å². The number of carbonyl (C=O) groups is 1. The molecular weight excluding hydrogens is 236 g/mol. The quantitative estimate of drug-likeness (QED) is 0.759. The van der Waals surface area contributed by atoms with Crippen molar-refractivity contribution >= 4 is 11.7 Å². The monoisotopic (exact) mass is 250 g/mol. The molecule has 0 fully saturated rings. The summed E-state index contributed by atoms with van der Waals surface area (Å²) in [4.78, 5) is 11.2. The van der Waals surface area contributed by atoms with E-state index in [0.717, 1.165) is 5.56 Å². The molecule has 0 N–H and O–H groups in total. The minimum Gasteiger partial charge on any atom is -0.426 e. The van der Waals surface area contributed by atoms with E-state index in [1.807, 2.05) is 42.5 Å². The van der Waals surface area contributed by atoms with Crippen molar-refractivity contribution in [1.82, 2.24) is 0 Å². The van der Waals surface area contributed by atoms with Gasteiger partial charge in [-0.3, -0.25) is 4.79 Å². The van der Waals surface area contributed by atoms with Crippen molar-refractivity contribution in [2.24, 2.45) is 0 Å². The highest BCUT2D eigenvalue weighted by Crippen LogP contribution is 2.40. The molecule has 0 aromatic heterocycles. The molecule has 0 amide bonds. The lowest BCUT2D eigenvalue weighted by Crippen LogP contribution is -1.96. The van der Waals surface area contributed by atoms with E-state index in [-0.39, 0.29) is 11.9 Å². The van der Waals surface area contributed by atoms with Gasteiger partial charge in [-0.2, -0.15) is 0 Å². The first-order valence-electron chi connectivity index (χ1n) is 6.30. The molecule has 0 saturated carbocycles. The second kappa shape index (κ2) is 4.73.